The second-order valence-corrected chi connectivity index (χ2v) is 25.0. The Balaban J connectivity index is 1.15. The number of aryl methyl sites for hydroxylation is 2. The summed E-state index contributed by atoms with van der Waals surface area (Å²) in [6, 6.07) is 28.1. The van der Waals surface area contributed by atoms with Gasteiger partial charge in [0.25, 0.3) is 10.1 Å². The molecule has 5 heterocycles. The average Bonchev–Trinajstić information content (AvgIpc) is 2.21. The highest BCUT2D eigenvalue weighted by molar-refractivity contribution is 7.86. The third-order valence-electron chi connectivity index (χ3n) is 19.5. The van der Waals surface area contributed by atoms with Crippen LogP contribution in [0.4, 0.5) is 5.69 Å². The van der Waals surface area contributed by atoms with Gasteiger partial charge < -0.3 is 33.9 Å². The highest BCUT2D eigenvalue weighted by atomic mass is 32.2. The number of ether oxygens (including phenoxy) is 4. The number of carbonyl (C=O) groups excluding carboxylic acids is 3. The fourth-order valence-electron chi connectivity index (χ4n) is 16.4. The number of para-hydroxylation sites is 1. The molecule has 0 radical (unpaired) electrons. The fraction of sp³-hybridized carbons (Fsp3) is 0.508. The summed E-state index contributed by atoms with van der Waals surface area (Å²) >= 11 is 0. The maximum atomic E-state index is 16.3. The molecule has 79 heavy (non-hydrogen) atoms. The van der Waals surface area contributed by atoms with Gasteiger partial charge in [-0.2, -0.15) is 8.42 Å². The van der Waals surface area contributed by atoms with Crippen LogP contribution in [0.1, 0.15) is 98.7 Å². The first-order valence-corrected chi connectivity index (χ1v) is 29.7. The lowest BCUT2D eigenvalue weighted by Crippen LogP contribution is -2.81. The van der Waals surface area contributed by atoms with E-state index in [1.807, 2.05) is 56.1 Å². The maximum Gasteiger partial charge on any atom is 0.344 e. The van der Waals surface area contributed by atoms with Crippen molar-refractivity contribution in [1.29, 1.82) is 0 Å². The van der Waals surface area contributed by atoms with Crippen molar-refractivity contribution in [1.82, 2.24) is 14.8 Å². The lowest BCUT2D eigenvalue weighted by molar-refractivity contribution is -0.228. The van der Waals surface area contributed by atoms with Gasteiger partial charge in [0.15, 0.2) is 6.10 Å². The summed E-state index contributed by atoms with van der Waals surface area (Å²) in [6.07, 6.45) is 8.75. The zero-order valence-corrected chi connectivity index (χ0v) is 47.5. The van der Waals surface area contributed by atoms with Crippen LogP contribution >= 0.6 is 0 Å². The summed E-state index contributed by atoms with van der Waals surface area (Å²) in [5.74, 6) is -2.11. The molecule has 4 aliphatic heterocycles. The number of rotatable bonds is 13. The van der Waals surface area contributed by atoms with E-state index in [1.54, 1.807) is 31.4 Å². The molecular formula is C63H76N4O11S. The Morgan fingerprint density at radius 3 is 2.32 bits per heavy atom. The number of aromatic nitrogens is 1. The number of carbonyl (C=O) groups is 3. The molecule has 1 saturated heterocycles. The topological polar surface area (TPSA) is 177 Å². The largest absolute Gasteiger partial charge is 0.496 e. The Hall–Kier alpha value is -6.04. The van der Waals surface area contributed by atoms with E-state index in [2.05, 4.69) is 63.3 Å². The third-order valence-corrected chi connectivity index (χ3v) is 20.8. The number of aromatic amines is 1. The standard InChI is InChI=1S/C63H76N4O11S/c1-8-60-29-17-32-67-33-30-61(55(60)67)49-34-50(53(74-5)35-52(49)65(4)56(61)63(71,59(70)76-7)57(60)78-41(3)68)62(58(69)75-6)36-44(46-21-13-12-20-43(46)39-77-79(72,73)45-27-25-40(2)26-28-45)38-66(37-42-18-10-9-11-19-42)31-16-23-48-47-22-14-15-24-51(47)64-54(48)62/h9-11,14-15,17-19,22,24-29,34-35,43-44,46,55-57,64,71H,8,12-13,16,20-21,23,30-33,36-39H2,1-7H3/t43-,44-,46-,55-,56+,57+,60+,61+,62-,63-/m0/s1. The first-order valence-electron chi connectivity index (χ1n) is 28.3. The van der Waals surface area contributed by atoms with Crippen molar-refractivity contribution in [2.24, 2.45) is 23.2 Å². The normalized spacial score (nSPS) is 30.7. The van der Waals surface area contributed by atoms with E-state index < -0.39 is 62.0 Å². The number of hydrogen-bond donors (Lipinski definition) is 2. The molecule has 3 fully saturated rings. The van der Waals surface area contributed by atoms with E-state index in [4.69, 9.17) is 23.1 Å². The van der Waals surface area contributed by atoms with Gasteiger partial charge in [-0.15, -0.1) is 0 Å². The lowest BCUT2D eigenvalue weighted by atomic mass is 9.47. The summed E-state index contributed by atoms with van der Waals surface area (Å²) in [4.78, 5) is 55.2. The zero-order valence-electron chi connectivity index (χ0n) is 46.7. The summed E-state index contributed by atoms with van der Waals surface area (Å²) in [5, 5.41) is 14.7. The Kier molecular flexibility index (Phi) is 14.7. The maximum absolute atomic E-state index is 16.3. The van der Waals surface area contributed by atoms with Crippen molar-refractivity contribution < 1.29 is 51.0 Å². The monoisotopic (exact) mass is 1100 g/mol. The Bertz CT molecular complexity index is 3270. The molecule has 4 aromatic carbocycles. The molecule has 2 aliphatic carbocycles. The molecule has 10 atom stereocenters. The summed E-state index contributed by atoms with van der Waals surface area (Å²) in [6.45, 7) is 8.47. The number of likely N-dealkylation sites (N-methyl/N-ethyl adjacent to an activating group) is 1. The second kappa shape index (κ2) is 21.1. The number of benzene rings is 4. The van der Waals surface area contributed by atoms with Crippen molar-refractivity contribution in [3.05, 3.63) is 137 Å². The smallest absolute Gasteiger partial charge is 0.344 e. The molecular weight excluding hydrogens is 1020 g/mol. The third kappa shape index (κ3) is 8.72. The fourth-order valence-corrected chi connectivity index (χ4v) is 17.3. The summed E-state index contributed by atoms with van der Waals surface area (Å²) < 4.78 is 58.8. The van der Waals surface area contributed by atoms with Crippen LogP contribution in [0, 0.1) is 30.1 Å². The second-order valence-electron chi connectivity index (χ2n) is 23.4. The Morgan fingerprint density at radius 2 is 1.59 bits per heavy atom. The molecule has 1 aromatic heterocycles. The van der Waals surface area contributed by atoms with Gasteiger partial charge in [-0.3, -0.25) is 23.6 Å². The molecule has 2 saturated carbocycles. The highest BCUT2D eigenvalue weighted by Gasteiger charge is 2.80. The molecule has 0 bridgehead atoms. The molecule has 1 spiro atoms. The molecule has 16 heteroatoms. The number of nitrogens with one attached hydrogen (secondary N) is 1. The van der Waals surface area contributed by atoms with Crippen molar-refractivity contribution >= 4 is 44.6 Å². The SMILES string of the molecule is CC[C@]12C=CCN3CC[C@@]4(c5cc([C@@]6(C(=O)OC)C[C@H]([C@H]7CCCC[C@H]7COS(=O)(=O)c7ccc(C)cc7)CN(Cc7ccccc7)CCCc7c6[nH]c6ccccc76)c(OC)cc5N(C)[C@H]4[C@@](O)(C(=O)OC)[C@@H]1OC(C)=O)[C@@H]32. The van der Waals surface area contributed by atoms with Gasteiger partial charge in [-0.25, -0.2) is 4.79 Å². The van der Waals surface area contributed by atoms with Crippen LogP contribution in [-0.4, -0.2) is 131 Å². The molecule has 2 N–H and O–H groups in total. The number of nitrogens with zero attached hydrogens (tertiary/aromatic N) is 3. The van der Waals surface area contributed by atoms with Crippen LogP contribution in [0.3, 0.4) is 0 Å². The minimum absolute atomic E-state index is 0.0136. The van der Waals surface area contributed by atoms with Crippen LogP contribution in [-0.2, 0) is 66.7 Å². The molecule has 420 valence electrons. The van der Waals surface area contributed by atoms with Crippen LogP contribution in [0.25, 0.3) is 10.9 Å². The lowest BCUT2D eigenvalue weighted by Gasteiger charge is -2.63. The van der Waals surface area contributed by atoms with Crippen molar-refractivity contribution in [2.75, 3.05) is 66.1 Å². The van der Waals surface area contributed by atoms with Crippen molar-refractivity contribution in [3.8, 4) is 5.75 Å². The van der Waals surface area contributed by atoms with E-state index in [9.17, 15) is 23.1 Å². The predicted octanol–water partition coefficient (Wildman–Crippen LogP) is 8.56. The van der Waals surface area contributed by atoms with E-state index in [0.717, 1.165) is 71.8 Å². The quantitative estimate of drug-likeness (QED) is 0.0496. The predicted molar refractivity (Wildman–Crippen MR) is 300 cm³/mol. The summed E-state index contributed by atoms with van der Waals surface area (Å²) in [7, 11) is 2.07. The van der Waals surface area contributed by atoms with Gasteiger partial charge in [0, 0.05) is 84.4 Å². The molecule has 0 unspecified atom stereocenters. The number of hydrogen-bond acceptors (Lipinski definition) is 14. The van der Waals surface area contributed by atoms with E-state index >= 15 is 4.79 Å². The number of methoxy groups -OCH3 is 3. The number of anilines is 1. The van der Waals surface area contributed by atoms with Gasteiger partial charge in [-0.05, 0) is 124 Å². The summed E-state index contributed by atoms with van der Waals surface area (Å²) in [5.41, 5.74) is 0.820. The molecule has 15 nitrogen and oxygen atoms in total. The van der Waals surface area contributed by atoms with Gasteiger partial charge in [0.05, 0.1) is 38.9 Å². The van der Waals surface area contributed by atoms with Crippen LogP contribution in [0.15, 0.2) is 108 Å². The van der Waals surface area contributed by atoms with Gasteiger partial charge in [-0.1, -0.05) is 98.1 Å². The first kappa shape index (κ1) is 54.9. The van der Waals surface area contributed by atoms with Gasteiger partial charge >= 0.3 is 17.9 Å². The number of fused-ring (bicyclic) bond motifs is 4. The molecule has 0 amide bonds. The number of esters is 3. The molecule has 6 aliphatic rings. The van der Waals surface area contributed by atoms with Crippen LogP contribution in [0.5, 0.6) is 5.75 Å². The van der Waals surface area contributed by atoms with E-state index in [0.29, 0.717) is 68.1 Å². The van der Waals surface area contributed by atoms with E-state index in [-0.39, 0.29) is 41.7 Å². The minimum Gasteiger partial charge on any atom is -0.496 e. The van der Waals surface area contributed by atoms with Crippen molar-refractivity contribution in [3.63, 3.8) is 0 Å². The zero-order chi connectivity index (χ0) is 55.6. The minimum atomic E-state index is -4.11. The first-order chi connectivity index (χ1) is 38.0. The van der Waals surface area contributed by atoms with Crippen LogP contribution < -0.4 is 9.64 Å². The Morgan fingerprint density at radius 1 is 0.861 bits per heavy atom. The Labute approximate surface area is 464 Å². The van der Waals surface area contributed by atoms with Crippen molar-refractivity contribution in [2.45, 2.75) is 125 Å². The van der Waals surface area contributed by atoms with Crippen LogP contribution in [0.2, 0.25) is 0 Å². The van der Waals surface area contributed by atoms with E-state index in [1.165, 1.54) is 21.1 Å². The van der Waals surface area contributed by atoms with Gasteiger partial charge in [0.2, 0.25) is 5.60 Å². The van der Waals surface area contributed by atoms with Gasteiger partial charge in [0.1, 0.15) is 11.2 Å². The number of aliphatic hydroxyl groups is 1. The number of H-pyrrole nitrogens is 1. The highest BCUT2D eigenvalue weighted by Crippen LogP contribution is 2.68. The molecule has 5 aromatic rings. The average molecular weight is 1100 g/mol. The molecule has 11 rings (SSSR count).